The molecule has 0 aromatic rings. The molecule has 23 heavy (non-hydrogen) atoms. The van der Waals surface area contributed by atoms with E-state index in [1.165, 1.54) is 57.8 Å². The van der Waals surface area contributed by atoms with E-state index in [0.29, 0.717) is 10.8 Å². The second-order valence-electron chi connectivity index (χ2n) is 9.71. The van der Waals surface area contributed by atoms with Crippen molar-refractivity contribution < 1.29 is 0 Å². The van der Waals surface area contributed by atoms with Gasteiger partial charge >= 0.3 is 0 Å². The van der Waals surface area contributed by atoms with E-state index in [-0.39, 0.29) is 0 Å². The van der Waals surface area contributed by atoms with Gasteiger partial charge in [-0.05, 0) is 92.9 Å². The number of rotatable bonds is 2. The lowest BCUT2D eigenvalue weighted by Crippen LogP contribution is -2.51. The van der Waals surface area contributed by atoms with Gasteiger partial charge in [-0.2, -0.15) is 0 Å². The largest absolute Gasteiger partial charge is 0.317 e. The third-order valence-corrected chi connectivity index (χ3v) is 9.20. The van der Waals surface area contributed by atoms with E-state index in [9.17, 15) is 0 Å². The molecule has 0 bridgehead atoms. The van der Waals surface area contributed by atoms with E-state index in [1.807, 2.05) is 5.57 Å². The van der Waals surface area contributed by atoms with Crippen molar-refractivity contribution in [2.45, 2.75) is 84.6 Å². The SMILES string of the molecule is CC[C@H]1CC[C@H]2[C@@H]3CC=C4C[C@H](NC)CC[C@]4(C)[C@H]3CC[C@]12C. The number of hydrogen-bond donors (Lipinski definition) is 1. The molecule has 4 aliphatic carbocycles. The van der Waals surface area contributed by atoms with E-state index >= 15 is 0 Å². The van der Waals surface area contributed by atoms with Gasteiger partial charge in [0.2, 0.25) is 0 Å². The van der Waals surface area contributed by atoms with Crippen molar-refractivity contribution in [2.24, 2.45) is 34.5 Å². The summed E-state index contributed by atoms with van der Waals surface area (Å²) >= 11 is 0. The first-order valence-corrected chi connectivity index (χ1v) is 10.4. The van der Waals surface area contributed by atoms with Crippen LogP contribution in [-0.4, -0.2) is 13.1 Å². The van der Waals surface area contributed by atoms with Gasteiger partial charge in [-0.25, -0.2) is 0 Å². The van der Waals surface area contributed by atoms with Gasteiger partial charge in [0.15, 0.2) is 0 Å². The summed E-state index contributed by atoms with van der Waals surface area (Å²) in [6.07, 6.45) is 15.7. The molecule has 1 N–H and O–H groups in total. The molecule has 0 spiro atoms. The van der Waals surface area contributed by atoms with Crippen molar-refractivity contribution in [3.05, 3.63) is 11.6 Å². The summed E-state index contributed by atoms with van der Waals surface area (Å²) in [5.74, 6) is 3.99. The molecule has 130 valence electrons. The first-order chi connectivity index (χ1) is 11.0. The van der Waals surface area contributed by atoms with Crippen LogP contribution in [0, 0.1) is 34.5 Å². The molecule has 0 aromatic carbocycles. The fraction of sp³-hybridized carbons (Fsp3) is 0.909. The molecule has 0 unspecified atom stereocenters. The van der Waals surface area contributed by atoms with E-state index in [2.05, 4.69) is 39.2 Å². The van der Waals surface area contributed by atoms with E-state index in [0.717, 1.165) is 29.7 Å². The quantitative estimate of drug-likeness (QED) is 0.657. The zero-order chi connectivity index (χ0) is 16.2. The van der Waals surface area contributed by atoms with Gasteiger partial charge in [0.05, 0.1) is 0 Å². The second-order valence-corrected chi connectivity index (χ2v) is 9.71. The molecule has 7 atom stereocenters. The molecule has 4 aliphatic rings. The second kappa shape index (κ2) is 5.61. The summed E-state index contributed by atoms with van der Waals surface area (Å²) in [5.41, 5.74) is 3.01. The molecule has 3 fully saturated rings. The van der Waals surface area contributed by atoms with Crippen LogP contribution >= 0.6 is 0 Å². The molecular formula is C22H37N. The maximum Gasteiger partial charge on any atom is 0.0102 e. The highest BCUT2D eigenvalue weighted by Gasteiger charge is 2.57. The molecule has 0 saturated heterocycles. The van der Waals surface area contributed by atoms with Crippen molar-refractivity contribution in [1.82, 2.24) is 5.32 Å². The standard InChI is InChI=1S/C22H37N/c1-5-15-7-9-19-18-8-6-16-14-17(23-4)10-12-22(16,3)20(18)11-13-21(15,19)2/h6,15,17-20,23H,5,7-14H2,1-4H3/t15-,17+,18-,19-,20-,21+,22-/m0/s1. The predicted molar refractivity (Wildman–Crippen MR) is 98.3 cm³/mol. The number of allylic oxidation sites excluding steroid dienone is 1. The Labute approximate surface area is 143 Å². The highest BCUT2D eigenvalue weighted by Crippen LogP contribution is 2.66. The van der Waals surface area contributed by atoms with Crippen LogP contribution in [0.5, 0.6) is 0 Å². The van der Waals surface area contributed by atoms with E-state index < -0.39 is 0 Å². The highest BCUT2D eigenvalue weighted by molar-refractivity contribution is 5.25. The van der Waals surface area contributed by atoms with E-state index in [4.69, 9.17) is 0 Å². The van der Waals surface area contributed by atoms with Gasteiger partial charge in [0, 0.05) is 6.04 Å². The fourth-order valence-electron chi connectivity index (χ4n) is 7.69. The first kappa shape index (κ1) is 16.2. The zero-order valence-electron chi connectivity index (χ0n) is 15.8. The fourth-order valence-corrected chi connectivity index (χ4v) is 7.69. The lowest BCUT2D eigenvalue weighted by atomic mass is 9.47. The molecule has 4 rings (SSSR count). The van der Waals surface area contributed by atoms with Crippen molar-refractivity contribution in [3.8, 4) is 0 Å². The molecular weight excluding hydrogens is 278 g/mol. The zero-order valence-corrected chi connectivity index (χ0v) is 15.8. The average Bonchev–Trinajstić information content (AvgIpc) is 2.90. The van der Waals surface area contributed by atoms with Crippen LogP contribution in [0.4, 0.5) is 0 Å². The van der Waals surface area contributed by atoms with Gasteiger partial charge in [-0.1, -0.05) is 38.8 Å². The summed E-state index contributed by atoms with van der Waals surface area (Å²) in [5, 5.41) is 3.54. The normalized spacial score (nSPS) is 52.3. The van der Waals surface area contributed by atoms with Gasteiger partial charge in [0.1, 0.15) is 0 Å². The Morgan fingerprint density at radius 1 is 1.09 bits per heavy atom. The first-order valence-electron chi connectivity index (χ1n) is 10.4. The maximum atomic E-state index is 3.54. The Hall–Kier alpha value is -0.300. The minimum absolute atomic E-state index is 0.530. The molecule has 0 radical (unpaired) electrons. The monoisotopic (exact) mass is 315 g/mol. The number of nitrogens with one attached hydrogen (secondary N) is 1. The third-order valence-electron chi connectivity index (χ3n) is 9.20. The van der Waals surface area contributed by atoms with Crippen molar-refractivity contribution in [2.75, 3.05) is 7.05 Å². The Morgan fingerprint density at radius 2 is 1.91 bits per heavy atom. The number of fused-ring (bicyclic) bond motifs is 5. The summed E-state index contributed by atoms with van der Waals surface area (Å²) in [6.45, 7) is 7.73. The molecule has 0 heterocycles. The average molecular weight is 316 g/mol. The van der Waals surface area contributed by atoms with Crippen LogP contribution in [-0.2, 0) is 0 Å². The maximum absolute atomic E-state index is 3.54. The summed E-state index contributed by atoms with van der Waals surface area (Å²) in [4.78, 5) is 0. The van der Waals surface area contributed by atoms with Crippen molar-refractivity contribution >= 4 is 0 Å². The Bertz CT molecular complexity index is 494. The highest BCUT2D eigenvalue weighted by atomic mass is 14.9. The van der Waals surface area contributed by atoms with E-state index in [1.54, 1.807) is 0 Å². The van der Waals surface area contributed by atoms with Crippen LogP contribution < -0.4 is 5.32 Å². The smallest absolute Gasteiger partial charge is 0.0102 e. The Morgan fingerprint density at radius 3 is 2.65 bits per heavy atom. The molecule has 0 amide bonds. The minimum atomic E-state index is 0.530. The van der Waals surface area contributed by atoms with Crippen molar-refractivity contribution in [1.29, 1.82) is 0 Å². The van der Waals surface area contributed by atoms with Gasteiger partial charge in [-0.15, -0.1) is 0 Å². The molecule has 0 aromatic heterocycles. The number of hydrogen-bond acceptors (Lipinski definition) is 1. The summed E-state index contributed by atoms with van der Waals surface area (Å²) in [6, 6.07) is 0.732. The minimum Gasteiger partial charge on any atom is -0.317 e. The van der Waals surface area contributed by atoms with Crippen LogP contribution in [0.3, 0.4) is 0 Å². The molecule has 0 aliphatic heterocycles. The van der Waals surface area contributed by atoms with Gasteiger partial charge in [-0.3, -0.25) is 0 Å². The molecule has 3 saturated carbocycles. The van der Waals surface area contributed by atoms with Crippen molar-refractivity contribution in [3.63, 3.8) is 0 Å². The van der Waals surface area contributed by atoms with Gasteiger partial charge < -0.3 is 5.32 Å². The van der Waals surface area contributed by atoms with Crippen LogP contribution in [0.2, 0.25) is 0 Å². The Balaban J connectivity index is 1.63. The lowest BCUT2D eigenvalue weighted by molar-refractivity contribution is -0.0430. The topological polar surface area (TPSA) is 12.0 Å². The molecule has 1 nitrogen and oxygen atoms in total. The Kier molecular flexibility index (Phi) is 3.95. The molecule has 1 heteroatoms. The summed E-state index contributed by atoms with van der Waals surface area (Å²) in [7, 11) is 2.15. The van der Waals surface area contributed by atoms with Crippen LogP contribution in [0.15, 0.2) is 11.6 Å². The third kappa shape index (κ3) is 2.21. The van der Waals surface area contributed by atoms with Gasteiger partial charge in [0.25, 0.3) is 0 Å². The lowest BCUT2D eigenvalue weighted by Gasteiger charge is -2.58. The predicted octanol–water partition coefficient (Wildman–Crippen LogP) is 5.56. The van der Waals surface area contributed by atoms with Crippen LogP contribution in [0.1, 0.15) is 78.6 Å². The summed E-state index contributed by atoms with van der Waals surface area (Å²) < 4.78 is 0. The van der Waals surface area contributed by atoms with Crippen LogP contribution in [0.25, 0.3) is 0 Å².